The van der Waals surface area contributed by atoms with Crippen LogP contribution in [0.5, 0.6) is 11.5 Å². The van der Waals surface area contributed by atoms with Crippen molar-refractivity contribution in [2.45, 2.75) is 26.5 Å². The van der Waals surface area contributed by atoms with Crippen LogP contribution >= 0.6 is 0 Å². The summed E-state index contributed by atoms with van der Waals surface area (Å²) in [6.07, 6.45) is -0.993. The molecule has 3 aromatic rings. The van der Waals surface area contributed by atoms with Gasteiger partial charge in [-0.15, -0.1) is 5.10 Å². The normalized spacial score (nSPS) is 13.0. The predicted octanol–water partition coefficient (Wildman–Crippen LogP) is 2.17. The Bertz CT molecular complexity index is 1080. The molecule has 30 heavy (non-hydrogen) atoms. The number of fused-ring (bicyclic) bond motifs is 1. The molecular formula is C21H20N4O5. The van der Waals surface area contributed by atoms with E-state index < -0.39 is 18.0 Å². The van der Waals surface area contributed by atoms with E-state index in [9.17, 15) is 9.59 Å². The lowest BCUT2D eigenvalue weighted by Gasteiger charge is -2.13. The van der Waals surface area contributed by atoms with Crippen molar-refractivity contribution in [3.8, 4) is 17.2 Å². The SMILES string of the molecule is Cc1nn(-c2ccccc2)nc1C(=O)OC(C)C(=O)NCc1ccc2c(c1)OCO2. The first-order valence-corrected chi connectivity index (χ1v) is 9.38. The lowest BCUT2D eigenvalue weighted by molar-refractivity contribution is -0.129. The molecule has 0 fully saturated rings. The molecule has 1 atom stereocenters. The molecule has 9 heteroatoms. The second-order valence-electron chi connectivity index (χ2n) is 6.71. The molecule has 9 nitrogen and oxygen atoms in total. The maximum atomic E-state index is 12.5. The average Bonchev–Trinajstić information content (AvgIpc) is 3.38. The van der Waals surface area contributed by atoms with Gasteiger partial charge in [-0.25, -0.2) is 4.79 Å². The number of esters is 1. The van der Waals surface area contributed by atoms with Crippen LogP contribution in [-0.2, 0) is 16.1 Å². The Morgan fingerprint density at radius 2 is 1.90 bits per heavy atom. The maximum absolute atomic E-state index is 12.5. The number of carbonyl (C=O) groups is 2. The molecule has 1 unspecified atom stereocenters. The van der Waals surface area contributed by atoms with E-state index in [1.54, 1.807) is 19.1 Å². The molecule has 1 aromatic heterocycles. The lowest BCUT2D eigenvalue weighted by Crippen LogP contribution is -2.35. The van der Waals surface area contributed by atoms with Gasteiger partial charge in [-0.3, -0.25) is 4.79 Å². The molecule has 1 aliphatic heterocycles. The maximum Gasteiger partial charge on any atom is 0.361 e. The summed E-state index contributed by atoms with van der Waals surface area (Å²) in [5.74, 6) is 0.180. The molecule has 0 saturated carbocycles. The zero-order valence-corrected chi connectivity index (χ0v) is 16.5. The van der Waals surface area contributed by atoms with E-state index in [-0.39, 0.29) is 19.0 Å². The number of hydrogen-bond donors (Lipinski definition) is 1. The van der Waals surface area contributed by atoms with Crippen molar-refractivity contribution in [1.29, 1.82) is 0 Å². The summed E-state index contributed by atoms with van der Waals surface area (Å²) < 4.78 is 15.9. The number of amides is 1. The molecule has 0 saturated heterocycles. The molecule has 4 rings (SSSR count). The quantitative estimate of drug-likeness (QED) is 0.623. The van der Waals surface area contributed by atoms with E-state index in [0.717, 1.165) is 5.56 Å². The number of nitrogens with zero attached hydrogens (tertiary/aromatic N) is 3. The largest absolute Gasteiger partial charge is 0.454 e. The van der Waals surface area contributed by atoms with Gasteiger partial charge in [0, 0.05) is 6.54 Å². The average molecular weight is 408 g/mol. The van der Waals surface area contributed by atoms with Crippen molar-refractivity contribution in [2.75, 3.05) is 6.79 Å². The van der Waals surface area contributed by atoms with Crippen LogP contribution in [0.15, 0.2) is 48.5 Å². The summed E-state index contributed by atoms with van der Waals surface area (Å²) in [5, 5.41) is 11.2. The second-order valence-corrected chi connectivity index (χ2v) is 6.71. The first-order valence-electron chi connectivity index (χ1n) is 9.38. The third kappa shape index (κ3) is 4.09. The fraction of sp³-hybridized carbons (Fsp3) is 0.238. The molecule has 0 radical (unpaired) electrons. The van der Waals surface area contributed by atoms with E-state index in [1.807, 2.05) is 36.4 Å². The van der Waals surface area contributed by atoms with Gasteiger partial charge in [0.15, 0.2) is 23.3 Å². The number of aryl methyl sites for hydroxylation is 1. The summed E-state index contributed by atoms with van der Waals surface area (Å²) in [6, 6.07) is 14.6. The minimum absolute atomic E-state index is 0.0641. The topological polar surface area (TPSA) is 105 Å². The van der Waals surface area contributed by atoms with Gasteiger partial charge in [-0.05, 0) is 43.7 Å². The summed E-state index contributed by atoms with van der Waals surface area (Å²) in [4.78, 5) is 26.2. The number of hydrogen-bond acceptors (Lipinski definition) is 7. The summed E-state index contributed by atoms with van der Waals surface area (Å²) >= 11 is 0. The molecule has 1 amide bonds. The number of ether oxygens (including phenoxy) is 3. The number of para-hydroxylation sites is 1. The van der Waals surface area contributed by atoms with Crippen molar-refractivity contribution >= 4 is 11.9 Å². The molecule has 0 bridgehead atoms. The van der Waals surface area contributed by atoms with Crippen LogP contribution in [0.2, 0.25) is 0 Å². The summed E-state index contributed by atoms with van der Waals surface area (Å²) in [6.45, 7) is 3.62. The fourth-order valence-corrected chi connectivity index (χ4v) is 2.90. The molecule has 2 aromatic carbocycles. The van der Waals surface area contributed by atoms with Crippen LogP contribution in [0, 0.1) is 6.92 Å². The molecule has 1 N–H and O–H groups in total. The highest BCUT2D eigenvalue weighted by Crippen LogP contribution is 2.32. The van der Waals surface area contributed by atoms with Gasteiger partial charge in [0.2, 0.25) is 6.79 Å². The standard InChI is InChI=1S/C21H20N4O5/c1-13-19(24-25(23-13)16-6-4-3-5-7-16)21(27)30-14(2)20(26)22-11-15-8-9-17-18(10-15)29-12-28-17/h3-10,14H,11-12H2,1-2H3,(H,22,26). The van der Waals surface area contributed by atoms with Gasteiger partial charge >= 0.3 is 5.97 Å². The Morgan fingerprint density at radius 1 is 1.13 bits per heavy atom. The third-order valence-corrected chi connectivity index (χ3v) is 4.52. The Labute approximate surface area is 172 Å². The Morgan fingerprint density at radius 3 is 2.70 bits per heavy atom. The van der Waals surface area contributed by atoms with Gasteiger partial charge in [0.25, 0.3) is 5.91 Å². The zero-order valence-electron chi connectivity index (χ0n) is 16.5. The minimum Gasteiger partial charge on any atom is -0.454 e. The van der Waals surface area contributed by atoms with Crippen molar-refractivity contribution < 1.29 is 23.8 Å². The first kappa shape index (κ1) is 19.4. The van der Waals surface area contributed by atoms with Gasteiger partial charge in [0.1, 0.15) is 0 Å². The number of nitrogens with one attached hydrogen (secondary N) is 1. The highest BCUT2D eigenvalue weighted by atomic mass is 16.7. The van der Waals surface area contributed by atoms with E-state index in [4.69, 9.17) is 14.2 Å². The molecular weight excluding hydrogens is 388 g/mol. The lowest BCUT2D eigenvalue weighted by atomic mass is 10.2. The van der Waals surface area contributed by atoms with Crippen molar-refractivity contribution in [3.05, 3.63) is 65.5 Å². The summed E-state index contributed by atoms with van der Waals surface area (Å²) in [7, 11) is 0. The number of aromatic nitrogens is 3. The number of rotatable bonds is 6. The van der Waals surface area contributed by atoms with Crippen molar-refractivity contribution in [3.63, 3.8) is 0 Å². The van der Waals surface area contributed by atoms with Crippen LogP contribution in [0.3, 0.4) is 0 Å². The van der Waals surface area contributed by atoms with Crippen LogP contribution in [0.4, 0.5) is 0 Å². The van der Waals surface area contributed by atoms with Crippen LogP contribution in [-0.4, -0.2) is 39.8 Å². The summed E-state index contributed by atoms with van der Waals surface area (Å²) in [5.41, 5.74) is 2.04. The van der Waals surface area contributed by atoms with E-state index in [2.05, 4.69) is 15.5 Å². The Hall–Kier alpha value is -3.88. The molecule has 1 aliphatic rings. The third-order valence-electron chi connectivity index (χ3n) is 4.52. The Kier molecular flexibility index (Phi) is 5.34. The van der Waals surface area contributed by atoms with Gasteiger partial charge in [-0.1, -0.05) is 24.3 Å². The van der Waals surface area contributed by atoms with Crippen molar-refractivity contribution in [1.82, 2.24) is 20.3 Å². The minimum atomic E-state index is -0.993. The molecule has 154 valence electrons. The highest BCUT2D eigenvalue weighted by Gasteiger charge is 2.23. The van der Waals surface area contributed by atoms with E-state index in [0.29, 0.717) is 22.9 Å². The zero-order chi connectivity index (χ0) is 21.1. The Balaban J connectivity index is 1.35. The van der Waals surface area contributed by atoms with Gasteiger partial charge < -0.3 is 19.5 Å². The van der Waals surface area contributed by atoms with Crippen molar-refractivity contribution in [2.24, 2.45) is 0 Å². The van der Waals surface area contributed by atoms with Crippen LogP contribution in [0.25, 0.3) is 5.69 Å². The van der Waals surface area contributed by atoms with Crippen LogP contribution in [0.1, 0.15) is 28.7 Å². The van der Waals surface area contributed by atoms with E-state index >= 15 is 0 Å². The van der Waals surface area contributed by atoms with Gasteiger partial charge in [0.05, 0.1) is 11.4 Å². The fourth-order valence-electron chi connectivity index (χ4n) is 2.90. The predicted molar refractivity (Wildman–Crippen MR) is 105 cm³/mol. The molecule has 0 spiro atoms. The number of carbonyl (C=O) groups excluding carboxylic acids is 2. The van der Waals surface area contributed by atoms with E-state index in [1.165, 1.54) is 11.7 Å². The molecule has 0 aliphatic carbocycles. The highest BCUT2D eigenvalue weighted by molar-refractivity contribution is 5.91. The molecule has 2 heterocycles. The second kappa shape index (κ2) is 8.24. The smallest absolute Gasteiger partial charge is 0.361 e. The van der Waals surface area contributed by atoms with Gasteiger partial charge in [-0.2, -0.15) is 9.90 Å². The number of benzene rings is 2. The van der Waals surface area contributed by atoms with Crippen LogP contribution < -0.4 is 14.8 Å². The monoisotopic (exact) mass is 408 g/mol. The first-order chi connectivity index (χ1) is 14.5.